The van der Waals surface area contributed by atoms with Gasteiger partial charge in [0.15, 0.2) is 5.41 Å². The van der Waals surface area contributed by atoms with Crippen LogP contribution < -0.4 is 0 Å². The van der Waals surface area contributed by atoms with Crippen molar-refractivity contribution in [3.8, 4) is 0 Å². The van der Waals surface area contributed by atoms with Gasteiger partial charge in [0.2, 0.25) is 0 Å². The third-order valence-electron chi connectivity index (χ3n) is 4.92. The number of methoxy groups -OCH3 is 2. The Morgan fingerprint density at radius 3 is 2.11 bits per heavy atom. The normalized spacial score (nSPS) is 19.1. The quantitative estimate of drug-likeness (QED) is 0.420. The maximum atomic E-state index is 12.4. The number of ketones is 1. The molecular weight excluding hydrogens is 364 g/mol. The van der Waals surface area contributed by atoms with Gasteiger partial charge in [0.25, 0.3) is 0 Å². The fourth-order valence-electron chi connectivity index (χ4n) is 3.51. The van der Waals surface area contributed by atoms with Gasteiger partial charge in [-0.3, -0.25) is 14.4 Å². The summed E-state index contributed by atoms with van der Waals surface area (Å²) in [5.74, 6) is -2.59. The van der Waals surface area contributed by atoms with E-state index in [0.29, 0.717) is 11.1 Å². The first kappa shape index (κ1) is 21.3. The molecule has 1 saturated carbocycles. The van der Waals surface area contributed by atoms with Gasteiger partial charge in [-0.1, -0.05) is 23.8 Å². The highest BCUT2D eigenvalue weighted by Crippen LogP contribution is 2.48. The number of rotatable bonds is 6. The first-order valence-electron chi connectivity index (χ1n) is 8.94. The van der Waals surface area contributed by atoms with Gasteiger partial charge in [-0.2, -0.15) is 0 Å². The molecule has 0 aliphatic heterocycles. The average molecular weight is 388 g/mol. The molecular formula is C21H24O7. The Hall–Kier alpha value is -2.96. The molecule has 0 saturated heterocycles. The molecule has 0 bridgehead atoms. The molecule has 0 heterocycles. The molecule has 1 unspecified atom stereocenters. The van der Waals surface area contributed by atoms with Gasteiger partial charge in [-0.05, 0) is 44.4 Å². The minimum Gasteiger partial charge on any atom is -0.468 e. The van der Waals surface area contributed by atoms with Crippen molar-refractivity contribution in [2.45, 2.75) is 26.7 Å². The zero-order valence-corrected chi connectivity index (χ0v) is 16.4. The van der Waals surface area contributed by atoms with Crippen LogP contribution in [-0.4, -0.2) is 44.5 Å². The van der Waals surface area contributed by atoms with Gasteiger partial charge in [-0.15, -0.1) is 0 Å². The maximum absolute atomic E-state index is 12.4. The van der Waals surface area contributed by atoms with Crippen molar-refractivity contribution in [3.63, 3.8) is 0 Å². The third-order valence-corrected chi connectivity index (χ3v) is 4.92. The molecule has 1 aliphatic rings. The topological polar surface area (TPSA) is 96.0 Å². The molecule has 0 N–H and O–H groups in total. The van der Waals surface area contributed by atoms with Crippen molar-refractivity contribution in [2.24, 2.45) is 11.3 Å². The Morgan fingerprint density at radius 2 is 1.64 bits per heavy atom. The van der Waals surface area contributed by atoms with Crippen LogP contribution in [0.2, 0.25) is 0 Å². The molecule has 1 aliphatic carbocycles. The lowest BCUT2D eigenvalue weighted by atomic mass is 9.84. The molecule has 0 spiro atoms. The zero-order chi connectivity index (χ0) is 20.9. The second-order valence-electron chi connectivity index (χ2n) is 6.67. The molecule has 0 amide bonds. The summed E-state index contributed by atoms with van der Waals surface area (Å²) in [6.45, 7) is 3.44. The molecule has 28 heavy (non-hydrogen) atoms. The van der Waals surface area contributed by atoms with Crippen LogP contribution in [0.15, 0.2) is 29.8 Å². The molecule has 7 nitrogen and oxygen atoms in total. The highest BCUT2D eigenvalue weighted by Gasteiger charge is 2.56. The number of benzene rings is 1. The van der Waals surface area contributed by atoms with E-state index in [1.165, 1.54) is 21.1 Å². The standard InChI is InChI=1S/C21H24O7/c1-5-28-18(23)15-8-6-14(7-9-15)10-16-11-21(19(24)26-3,20(25)27-4)12-17(16)13(2)22/h6-10,17H,5,11-12H2,1-4H3/b16-10+. The van der Waals surface area contributed by atoms with Crippen LogP contribution >= 0.6 is 0 Å². The van der Waals surface area contributed by atoms with Gasteiger partial charge in [0.05, 0.1) is 26.4 Å². The van der Waals surface area contributed by atoms with Crippen molar-refractivity contribution in [1.29, 1.82) is 0 Å². The van der Waals surface area contributed by atoms with Gasteiger partial charge in [-0.25, -0.2) is 4.79 Å². The van der Waals surface area contributed by atoms with Gasteiger partial charge in [0.1, 0.15) is 5.78 Å². The first-order valence-corrected chi connectivity index (χ1v) is 8.94. The number of Topliss-reactive ketones (excluding diaryl/α,β-unsaturated/α-hetero) is 1. The highest BCUT2D eigenvalue weighted by molar-refractivity contribution is 6.03. The molecule has 1 atom stereocenters. The van der Waals surface area contributed by atoms with Crippen molar-refractivity contribution in [3.05, 3.63) is 41.0 Å². The first-order chi connectivity index (χ1) is 13.3. The van der Waals surface area contributed by atoms with Crippen LogP contribution in [0.25, 0.3) is 6.08 Å². The van der Waals surface area contributed by atoms with E-state index in [1.54, 1.807) is 37.3 Å². The number of carbonyl (C=O) groups is 4. The fourth-order valence-corrected chi connectivity index (χ4v) is 3.51. The lowest BCUT2D eigenvalue weighted by molar-refractivity contribution is -0.168. The predicted octanol–water partition coefficient (Wildman–Crippen LogP) is 2.58. The van der Waals surface area contributed by atoms with E-state index >= 15 is 0 Å². The monoisotopic (exact) mass is 388 g/mol. The number of hydrogen-bond acceptors (Lipinski definition) is 7. The van der Waals surface area contributed by atoms with Gasteiger partial charge in [0, 0.05) is 5.92 Å². The zero-order valence-electron chi connectivity index (χ0n) is 16.4. The Balaban J connectivity index is 2.39. The lowest BCUT2D eigenvalue weighted by Gasteiger charge is -2.22. The van der Waals surface area contributed by atoms with E-state index < -0.39 is 29.2 Å². The highest BCUT2D eigenvalue weighted by atomic mass is 16.5. The Labute approximate surface area is 163 Å². The van der Waals surface area contributed by atoms with Crippen LogP contribution in [0, 0.1) is 11.3 Å². The van der Waals surface area contributed by atoms with E-state index in [2.05, 4.69) is 0 Å². The molecule has 0 radical (unpaired) electrons. The number of carbonyl (C=O) groups excluding carboxylic acids is 4. The number of hydrogen-bond donors (Lipinski definition) is 0. The smallest absolute Gasteiger partial charge is 0.338 e. The van der Waals surface area contributed by atoms with Crippen molar-refractivity contribution in [1.82, 2.24) is 0 Å². The summed E-state index contributed by atoms with van der Waals surface area (Å²) in [6.07, 6.45) is 1.80. The van der Waals surface area contributed by atoms with Crippen LogP contribution in [-0.2, 0) is 28.6 Å². The summed E-state index contributed by atoms with van der Waals surface area (Å²) < 4.78 is 14.6. The minimum absolute atomic E-state index is 0.00836. The molecule has 2 rings (SSSR count). The van der Waals surface area contributed by atoms with Crippen molar-refractivity contribution >= 4 is 29.8 Å². The number of esters is 3. The molecule has 1 fully saturated rings. The van der Waals surface area contributed by atoms with E-state index in [0.717, 1.165) is 5.56 Å². The second kappa shape index (κ2) is 8.82. The van der Waals surface area contributed by atoms with Crippen LogP contribution in [0.3, 0.4) is 0 Å². The van der Waals surface area contributed by atoms with Crippen LogP contribution in [0.4, 0.5) is 0 Å². The number of ether oxygens (including phenoxy) is 3. The Kier molecular flexibility index (Phi) is 6.72. The molecule has 0 aromatic heterocycles. The molecule has 1 aromatic carbocycles. The summed E-state index contributed by atoms with van der Waals surface area (Å²) in [5.41, 5.74) is 0.264. The van der Waals surface area contributed by atoms with E-state index in [4.69, 9.17) is 14.2 Å². The fraction of sp³-hybridized carbons (Fsp3) is 0.429. The van der Waals surface area contributed by atoms with Gasteiger partial charge >= 0.3 is 17.9 Å². The van der Waals surface area contributed by atoms with Crippen molar-refractivity contribution in [2.75, 3.05) is 20.8 Å². The summed E-state index contributed by atoms with van der Waals surface area (Å²) in [7, 11) is 2.40. The van der Waals surface area contributed by atoms with Gasteiger partial charge < -0.3 is 14.2 Å². The summed E-state index contributed by atoms with van der Waals surface area (Å²) in [6, 6.07) is 6.67. The molecule has 7 heteroatoms. The molecule has 150 valence electrons. The minimum atomic E-state index is -1.53. The van der Waals surface area contributed by atoms with Crippen LogP contribution in [0.1, 0.15) is 42.6 Å². The Morgan fingerprint density at radius 1 is 1.07 bits per heavy atom. The number of allylic oxidation sites excluding steroid dienone is 1. The average Bonchev–Trinajstić information content (AvgIpc) is 3.08. The van der Waals surface area contributed by atoms with E-state index in [1.807, 2.05) is 0 Å². The van der Waals surface area contributed by atoms with Crippen LogP contribution in [0.5, 0.6) is 0 Å². The summed E-state index contributed by atoms with van der Waals surface area (Å²) in [4.78, 5) is 48.7. The van der Waals surface area contributed by atoms with Crippen molar-refractivity contribution < 1.29 is 33.4 Å². The summed E-state index contributed by atoms with van der Waals surface area (Å²) in [5, 5.41) is 0. The predicted molar refractivity (Wildman–Crippen MR) is 100 cm³/mol. The molecule has 1 aromatic rings. The van der Waals surface area contributed by atoms with E-state index in [9.17, 15) is 19.2 Å². The second-order valence-corrected chi connectivity index (χ2v) is 6.67. The summed E-state index contributed by atoms with van der Waals surface area (Å²) >= 11 is 0. The lowest BCUT2D eigenvalue weighted by Crippen LogP contribution is -2.39. The van der Waals surface area contributed by atoms with E-state index in [-0.39, 0.29) is 25.2 Å². The maximum Gasteiger partial charge on any atom is 0.338 e. The third kappa shape index (κ3) is 4.13. The largest absolute Gasteiger partial charge is 0.468 e. The SMILES string of the molecule is CCOC(=O)c1ccc(/C=C2\CC(C(=O)OC)(C(=O)OC)CC2C(C)=O)cc1. The Bertz CT molecular complexity index is 789.